The topological polar surface area (TPSA) is 11.4 Å². The van der Waals surface area contributed by atoms with Crippen LogP contribution in [0.4, 0.5) is 22.7 Å². The van der Waals surface area contributed by atoms with Crippen molar-refractivity contribution in [2.45, 2.75) is 212 Å². The Balaban J connectivity index is 1.13. The molecule has 408 valence electrons. The van der Waals surface area contributed by atoms with E-state index in [1.165, 1.54) is 184 Å². The van der Waals surface area contributed by atoms with Gasteiger partial charge in [0.15, 0.2) is 0 Å². The molecule has 1 fully saturated rings. The van der Waals surface area contributed by atoms with Crippen LogP contribution in [-0.2, 0) is 38.9 Å². The van der Waals surface area contributed by atoms with Gasteiger partial charge in [-0.05, 0) is 208 Å². The number of para-hydroxylation sites is 1. The van der Waals surface area contributed by atoms with Crippen molar-refractivity contribution < 1.29 is 0 Å². The standard InChI is InChI=1S/C75H84BN3S/c1-15-16-17-22-45-25-30-60-58(37-45)76-67-51(48-38-49-50-39-54-57(73(11,12)36-34-70(54,5)6)43-64(50)80-65(49)44-62(48)79(76)47-28-26-46(27-29-47)69(2,3)4)41-63(78-59-24-19-18-23-53(59)74(13)31-20-21-32-75(74,78)14)66-52-40-55-56(42-61(52)77(60)68(66)67)72(9,10)35-33-71(55,7)8/h18-19,23-30,37-44H,15-17,20-22,31-36H2,1-14H3. The number of benzene rings is 7. The second-order valence-corrected chi connectivity index (χ2v) is 31.4. The molecule has 0 radical (unpaired) electrons. The van der Waals surface area contributed by atoms with Gasteiger partial charge < -0.3 is 14.3 Å². The van der Waals surface area contributed by atoms with Crippen LogP contribution in [0.2, 0.25) is 0 Å². The first-order valence-electron chi connectivity index (χ1n) is 31.1. The molecule has 0 N–H and O–H groups in total. The van der Waals surface area contributed by atoms with Crippen LogP contribution in [0.3, 0.4) is 0 Å². The van der Waals surface area contributed by atoms with Crippen molar-refractivity contribution in [2.75, 3.05) is 9.71 Å². The molecule has 3 aliphatic carbocycles. The summed E-state index contributed by atoms with van der Waals surface area (Å²) in [4.78, 5) is 5.75. The summed E-state index contributed by atoms with van der Waals surface area (Å²) in [6.07, 6.45) is 14.4. The van der Waals surface area contributed by atoms with Gasteiger partial charge in [-0.15, -0.1) is 11.3 Å². The highest BCUT2D eigenvalue weighted by atomic mass is 32.1. The summed E-state index contributed by atoms with van der Waals surface area (Å²) >= 11 is 2.02. The zero-order chi connectivity index (χ0) is 55.6. The van der Waals surface area contributed by atoms with E-state index < -0.39 is 0 Å². The van der Waals surface area contributed by atoms with Gasteiger partial charge in [0.05, 0.1) is 22.3 Å². The molecular formula is C75H84BN3S. The molecule has 7 aromatic carbocycles. The first-order valence-corrected chi connectivity index (χ1v) is 32.0. The van der Waals surface area contributed by atoms with E-state index in [-0.39, 0.29) is 44.9 Å². The fourth-order valence-corrected chi connectivity index (χ4v) is 18.4. The summed E-state index contributed by atoms with van der Waals surface area (Å²) in [5, 5.41) is 5.65. The van der Waals surface area contributed by atoms with Gasteiger partial charge in [-0.2, -0.15) is 0 Å². The monoisotopic (exact) mass is 1070 g/mol. The Bertz CT molecular complexity index is 4130. The minimum Gasteiger partial charge on any atom is -0.376 e. The largest absolute Gasteiger partial charge is 0.376 e. The highest BCUT2D eigenvalue weighted by molar-refractivity contribution is 7.26. The van der Waals surface area contributed by atoms with Gasteiger partial charge in [-0.3, -0.25) is 0 Å². The third kappa shape index (κ3) is 6.85. The Morgan fingerprint density at radius 2 is 1.16 bits per heavy atom. The van der Waals surface area contributed by atoms with Crippen molar-refractivity contribution in [3.8, 4) is 16.8 Å². The first kappa shape index (κ1) is 51.1. The van der Waals surface area contributed by atoms with Gasteiger partial charge in [0, 0.05) is 64.7 Å². The van der Waals surface area contributed by atoms with Crippen LogP contribution >= 0.6 is 11.3 Å². The summed E-state index contributed by atoms with van der Waals surface area (Å²) < 4.78 is 5.61. The number of hydrogen-bond donors (Lipinski definition) is 0. The molecule has 0 amide bonds. The van der Waals surface area contributed by atoms with E-state index in [2.05, 4.69) is 220 Å². The van der Waals surface area contributed by atoms with E-state index in [1.807, 2.05) is 11.3 Å². The van der Waals surface area contributed by atoms with Crippen molar-refractivity contribution >= 4 is 93.8 Å². The summed E-state index contributed by atoms with van der Waals surface area (Å²) in [5.41, 5.74) is 25.9. The van der Waals surface area contributed by atoms with Crippen molar-refractivity contribution in [2.24, 2.45) is 0 Å². The number of unbranched alkanes of at least 4 members (excludes halogenated alkanes) is 2. The third-order valence-electron chi connectivity index (χ3n) is 22.6. The predicted molar refractivity (Wildman–Crippen MR) is 348 cm³/mol. The maximum Gasteiger partial charge on any atom is 0.333 e. The van der Waals surface area contributed by atoms with E-state index in [1.54, 1.807) is 11.1 Å². The average Bonchev–Trinajstić information content (AvgIpc) is 3.15. The summed E-state index contributed by atoms with van der Waals surface area (Å²) in [5.74, 6) is 0. The second kappa shape index (κ2) is 16.7. The van der Waals surface area contributed by atoms with Crippen molar-refractivity contribution in [1.29, 1.82) is 0 Å². The molecule has 0 saturated heterocycles. The van der Waals surface area contributed by atoms with Crippen LogP contribution in [0.5, 0.6) is 0 Å². The van der Waals surface area contributed by atoms with Crippen molar-refractivity contribution in [3.05, 3.63) is 148 Å². The lowest BCUT2D eigenvalue weighted by Crippen LogP contribution is -2.61. The fourth-order valence-electron chi connectivity index (χ4n) is 17.3. The van der Waals surface area contributed by atoms with Crippen LogP contribution in [0.1, 0.15) is 207 Å². The molecule has 5 heterocycles. The molecule has 2 aromatic heterocycles. The number of anilines is 4. The van der Waals surface area contributed by atoms with Crippen LogP contribution in [0.25, 0.3) is 58.8 Å². The van der Waals surface area contributed by atoms with Crippen molar-refractivity contribution in [1.82, 2.24) is 4.57 Å². The van der Waals surface area contributed by atoms with E-state index >= 15 is 0 Å². The van der Waals surface area contributed by atoms with E-state index in [0.29, 0.717) is 0 Å². The second-order valence-electron chi connectivity index (χ2n) is 30.3. The van der Waals surface area contributed by atoms with Gasteiger partial charge in [0.1, 0.15) is 0 Å². The van der Waals surface area contributed by atoms with E-state index in [4.69, 9.17) is 0 Å². The minimum atomic E-state index is -0.125. The molecule has 1 saturated carbocycles. The van der Waals surface area contributed by atoms with Gasteiger partial charge in [-0.1, -0.05) is 158 Å². The SMILES string of the molecule is CCCCCc1ccc2c(c1)B1c3c(cc(N4c5ccccc5C5(C)CCCCC45C)c4c5cc6c(cc5n-2c34)C(C)(C)CCC6(C)C)-c2cc3c(cc2N1c1ccc(C(C)(C)C)cc1)sc1cc2c(cc13)C(C)(C)CCC2(C)C. The van der Waals surface area contributed by atoms with Gasteiger partial charge >= 0.3 is 6.85 Å². The number of aromatic nitrogens is 1. The Hall–Kier alpha value is -5.78. The molecule has 3 aliphatic heterocycles. The molecule has 0 bridgehead atoms. The molecule has 80 heavy (non-hydrogen) atoms. The zero-order valence-corrected chi connectivity index (χ0v) is 51.5. The van der Waals surface area contributed by atoms with Crippen LogP contribution in [0, 0.1) is 0 Å². The third-order valence-corrected chi connectivity index (χ3v) is 23.7. The molecule has 0 spiro atoms. The van der Waals surface area contributed by atoms with Crippen LogP contribution < -0.4 is 20.6 Å². The Kier molecular flexibility index (Phi) is 10.7. The molecule has 2 unspecified atom stereocenters. The first-order chi connectivity index (χ1) is 38.0. The number of hydrogen-bond acceptors (Lipinski definition) is 3. The maximum atomic E-state index is 2.93. The molecule has 6 aliphatic rings. The Morgan fingerprint density at radius 1 is 0.537 bits per heavy atom. The lowest BCUT2D eigenvalue weighted by molar-refractivity contribution is 0.195. The highest BCUT2D eigenvalue weighted by Crippen LogP contribution is 2.63. The number of rotatable bonds is 6. The average molecular weight is 1070 g/mol. The lowest BCUT2D eigenvalue weighted by Gasteiger charge is -2.51. The van der Waals surface area contributed by atoms with Crippen molar-refractivity contribution in [3.63, 3.8) is 0 Å². The quantitative estimate of drug-likeness (QED) is 0.121. The minimum absolute atomic E-state index is 0.00512. The molecule has 9 aromatic rings. The summed E-state index contributed by atoms with van der Waals surface area (Å²) in [7, 11) is 0. The Labute approximate surface area is 482 Å². The van der Waals surface area contributed by atoms with Gasteiger partial charge in [0.25, 0.3) is 0 Å². The molecule has 15 rings (SSSR count). The fraction of sp³-hybridized carbons (Fsp3) is 0.440. The number of nitrogens with zero attached hydrogens (tertiary/aromatic N) is 3. The highest BCUT2D eigenvalue weighted by Gasteiger charge is 2.58. The summed E-state index contributed by atoms with van der Waals surface area (Å²) in [6.45, 7) is 34.6. The molecular weight excluding hydrogens is 986 g/mol. The number of fused-ring (bicyclic) bond motifs is 16. The number of aryl methyl sites for hydroxylation is 1. The van der Waals surface area contributed by atoms with Gasteiger partial charge in [-0.25, -0.2) is 0 Å². The van der Waals surface area contributed by atoms with E-state index in [0.717, 1.165) is 12.8 Å². The lowest BCUT2D eigenvalue weighted by atomic mass is 9.43. The maximum absolute atomic E-state index is 2.93. The normalized spacial score (nSPS) is 22.6. The van der Waals surface area contributed by atoms with Crippen LogP contribution in [0.15, 0.2) is 109 Å². The molecule has 2 atom stereocenters. The summed E-state index contributed by atoms with van der Waals surface area (Å²) in [6, 6.07) is 45.9. The Morgan fingerprint density at radius 3 is 1.85 bits per heavy atom. The van der Waals surface area contributed by atoms with Crippen LogP contribution in [-0.4, -0.2) is 17.0 Å². The molecule has 5 heteroatoms. The smallest absolute Gasteiger partial charge is 0.333 e. The predicted octanol–water partition coefficient (Wildman–Crippen LogP) is 19.9. The molecule has 3 nitrogen and oxygen atoms in total. The number of thiophene rings is 1. The zero-order valence-electron chi connectivity index (χ0n) is 50.7. The van der Waals surface area contributed by atoms with E-state index in [9.17, 15) is 0 Å². The van der Waals surface area contributed by atoms with Gasteiger partial charge in [0.2, 0.25) is 0 Å².